The summed E-state index contributed by atoms with van der Waals surface area (Å²) in [7, 11) is 2.04. The maximum atomic E-state index is 13.1. The van der Waals surface area contributed by atoms with Crippen LogP contribution < -0.4 is 19.9 Å². The molecule has 2 amide bonds. The van der Waals surface area contributed by atoms with E-state index in [2.05, 4.69) is 45.1 Å². The molecule has 2 atom stereocenters. The lowest BCUT2D eigenvalue weighted by Crippen LogP contribution is -2.45. The third-order valence-electron chi connectivity index (χ3n) is 7.84. The third kappa shape index (κ3) is 5.02. The van der Waals surface area contributed by atoms with Crippen LogP contribution >= 0.6 is 0 Å². The molecule has 1 N–H and O–H groups in total. The molecule has 0 radical (unpaired) electrons. The Hall–Kier alpha value is -3.75. The minimum absolute atomic E-state index is 0.0749. The molecule has 1 aliphatic carbocycles. The van der Waals surface area contributed by atoms with Gasteiger partial charge in [0.15, 0.2) is 0 Å². The first-order valence-corrected chi connectivity index (χ1v) is 13.9. The zero-order valence-corrected chi connectivity index (χ0v) is 23.4. The summed E-state index contributed by atoms with van der Waals surface area (Å²) in [5.74, 6) is 0.971. The summed E-state index contributed by atoms with van der Waals surface area (Å²) in [5, 5.41) is 2.92. The van der Waals surface area contributed by atoms with E-state index in [-0.39, 0.29) is 24.0 Å². The number of rotatable bonds is 5. The largest absolute Gasteiger partial charge is 0.488 e. The second kappa shape index (κ2) is 9.47. The fourth-order valence-electron chi connectivity index (χ4n) is 5.51. The second-order valence-corrected chi connectivity index (χ2v) is 12.1. The summed E-state index contributed by atoms with van der Waals surface area (Å²) in [6, 6.07) is 10.8. The summed E-state index contributed by atoms with van der Waals surface area (Å²) in [4.78, 5) is 33.6. The van der Waals surface area contributed by atoms with E-state index in [9.17, 15) is 9.59 Å². The Kier molecular flexibility index (Phi) is 6.19. The van der Waals surface area contributed by atoms with Crippen molar-refractivity contribution >= 4 is 34.4 Å². The number of likely N-dealkylation sites (N-methyl/N-ethyl adjacent to an activating group) is 1. The van der Waals surface area contributed by atoms with Gasteiger partial charge in [0, 0.05) is 45.1 Å². The quantitative estimate of drug-likeness (QED) is 0.491. The van der Waals surface area contributed by atoms with Crippen molar-refractivity contribution in [2.45, 2.75) is 64.7 Å². The third-order valence-corrected chi connectivity index (χ3v) is 7.84. The number of hydrogen-bond donors (Lipinski definition) is 1. The summed E-state index contributed by atoms with van der Waals surface area (Å²) in [5.41, 5.74) is 5.04. The Balaban J connectivity index is 1.40. The molecule has 3 heterocycles. The summed E-state index contributed by atoms with van der Waals surface area (Å²) >= 11 is 0. The molecule has 2 aromatic carbocycles. The molecule has 1 unspecified atom stereocenters. The lowest BCUT2D eigenvalue weighted by molar-refractivity contribution is -0.119. The highest BCUT2D eigenvalue weighted by atomic mass is 16.6. The van der Waals surface area contributed by atoms with E-state index in [1.807, 2.05) is 41.1 Å². The smallest absolute Gasteiger partial charge is 0.414 e. The Bertz CT molecular complexity index is 1440. The standard InChI is InChI=1S/C30H37N5O4/c1-18(21-15-27(36)31-16-21)38-26-14-20(12-23-28(26)35(17-32-23)22-7-8-22)19-6-9-24-25(13-19)34(11-10-33(24)5)29(37)39-30(2,3)4/h6,9,12-14,17-18,21-22H,7-8,10-11,15-16H2,1-5H3,(H,31,36)/t18?,21-/m1/s1. The molecule has 39 heavy (non-hydrogen) atoms. The Morgan fingerprint density at radius 1 is 1.10 bits per heavy atom. The van der Waals surface area contributed by atoms with Crippen molar-refractivity contribution in [1.82, 2.24) is 14.9 Å². The first-order chi connectivity index (χ1) is 18.6. The van der Waals surface area contributed by atoms with E-state index in [0.29, 0.717) is 25.6 Å². The van der Waals surface area contributed by atoms with Gasteiger partial charge in [0.05, 0.1) is 23.2 Å². The predicted molar refractivity (Wildman–Crippen MR) is 151 cm³/mol. The van der Waals surface area contributed by atoms with Crippen molar-refractivity contribution < 1.29 is 19.1 Å². The van der Waals surface area contributed by atoms with Crippen molar-refractivity contribution in [3.63, 3.8) is 0 Å². The van der Waals surface area contributed by atoms with E-state index in [1.54, 1.807) is 4.90 Å². The minimum Gasteiger partial charge on any atom is -0.488 e. The van der Waals surface area contributed by atoms with E-state index in [4.69, 9.17) is 14.5 Å². The van der Waals surface area contributed by atoms with Gasteiger partial charge >= 0.3 is 6.09 Å². The monoisotopic (exact) mass is 531 g/mol. The lowest BCUT2D eigenvalue weighted by atomic mass is 10.0. The van der Waals surface area contributed by atoms with Crippen molar-refractivity contribution in [3.8, 4) is 16.9 Å². The van der Waals surface area contributed by atoms with Gasteiger partial charge < -0.3 is 24.3 Å². The van der Waals surface area contributed by atoms with Gasteiger partial charge in [-0.25, -0.2) is 9.78 Å². The lowest BCUT2D eigenvalue weighted by Gasteiger charge is -2.36. The van der Waals surface area contributed by atoms with Crippen LogP contribution in [-0.2, 0) is 9.53 Å². The maximum Gasteiger partial charge on any atom is 0.414 e. The number of amides is 2. The van der Waals surface area contributed by atoms with Crippen LogP contribution in [0, 0.1) is 5.92 Å². The number of nitrogens with zero attached hydrogens (tertiary/aromatic N) is 4. The van der Waals surface area contributed by atoms with E-state index >= 15 is 0 Å². The molecule has 1 saturated heterocycles. The normalized spacial score (nSPS) is 20.1. The highest BCUT2D eigenvalue weighted by molar-refractivity contribution is 5.96. The molecule has 3 aromatic rings. The predicted octanol–water partition coefficient (Wildman–Crippen LogP) is 5.13. The molecule has 1 saturated carbocycles. The average Bonchev–Trinajstić information content (AvgIpc) is 3.48. The first-order valence-electron chi connectivity index (χ1n) is 13.9. The van der Waals surface area contributed by atoms with Crippen LogP contribution in [0.4, 0.5) is 16.2 Å². The Morgan fingerprint density at radius 2 is 1.90 bits per heavy atom. The number of fused-ring (bicyclic) bond motifs is 2. The Morgan fingerprint density at radius 3 is 2.59 bits per heavy atom. The zero-order valence-electron chi connectivity index (χ0n) is 23.4. The van der Waals surface area contributed by atoms with Gasteiger partial charge in [-0.05, 0) is 75.9 Å². The fraction of sp³-hybridized carbons (Fsp3) is 0.500. The van der Waals surface area contributed by atoms with Crippen molar-refractivity contribution in [1.29, 1.82) is 0 Å². The minimum atomic E-state index is -0.577. The molecular formula is C30H37N5O4. The Labute approximate surface area is 229 Å². The highest BCUT2D eigenvalue weighted by Crippen LogP contribution is 2.43. The van der Waals surface area contributed by atoms with Crippen LogP contribution in [0.25, 0.3) is 22.2 Å². The second-order valence-electron chi connectivity index (χ2n) is 12.1. The van der Waals surface area contributed by atoms with Crippen LogP contribution in [-0.4, -0.2) is 59.9 Å². The van der Waals surface area contributed by atoms with Crippen LogP contribution in [0.5, 0.6) is 5.75 Å². The van der Waals surface area contributed by atoms with E-state index in [0.717, 1.165) is 58.7 Å². The molecule has 6 rings (SSSR count). The molecule has 0 bridgehead atoms. The van der Waals surface area contributed by atoms with Gasteiger partial charge in [0.25, 0.3) is 0 Å². The topological polar surface area (TPSA) is 88.9 Å². The SMILES string of the molecule is CC(Oc1cc(-c2ccc3c(c2)N(C(=O)OC(C)(C)C)CCN3C)cc2ncn(C3CC3)c12)[C@H]1CNC(=O)C1. The molecular weight excluding hydrogens is 494 g/mol. The van der Waals surface area contributed by atoms with E-state index in [1.165, 1.54) is 0 Å². The number of carbonyl (C=O) groups is 2. The van der Waals surface area contributed by atoms with Crippen LogP contribution in [0.1, 0.15) is 53.0 Å². The molecule has 9 nitrogen and oxygen atoms in total. The summed E-state index contributed by atoms with van der Waals surface area (Å²) in [6.07, 6.45) is 4.20. The summed E-state index contributed by atoms with van der Waals surface area (Å²) in [6.45, 7) is 9.59. The molecule has 1 aromatic heterocycles. The molecule has 0 spiro atoms. The molecule has 2 aliphatic heterocycles. The molecule has 3 aliphatic rings. The molecule has 9 heteroatoms. The van der Waals surface area contributed by atoms with Crippen LogP contribution in [0.2, 0.25) is 0 Å². The van der Waals surface area contributed by atoms with Gasteiger partial charge in [0.1, 0.15) is 23.0 Å². The van der Waals surface area contributed by atoms with Crippen molar-refractivity contribution in [3.05, 3.63) is 36.7 Å². The number of imidazole rings is 1. The zero-order chi connectivity index (χ0) is 27.5. The molecule has 206 valence electrons. The molecule has 2 fully saturated rings. The van der Waals surface area contributed by atoms with Gasteiger partial charge in [-0.2, -0.15) is 0 Å². The number of ether oxygens (including phenoxy) is 2. The van der Waals surface area contributed by atoms with E-state index < -0.39 is 5.60 Å². The number of nitrogens with one attached hydrogen (secondary N) is 1. The highest BCUT2D eigenvalue weighted by Gasteiger charge is 2.32. The maximum absolute atomic E-state index is 13.1. The van der Waals surface area contributed by atoms with Gasteiger partial charge in [-0.1, -0.05) is 6.07 Å². The van der Waals surface area contributed by atoms with Gasteiger partial charge in [0.2, 0.25) is 5.91 Å². The first kappa shape index (κ1) is 25.5. The average molecular weight is 532 g/mol. The van der Waals surface area contributed by atoms with Crippen molar-refractivity contribution in [2.75, 3.05) is 36.5 Å². The fourth-order valence-corrected chi connectivity index (χ4v) is 5.51. The number of carbonyl (C=O) groups excluding carboxylic acids is 2. The van der Waals surface area contributed by atoms with Gasteiger partial charge in [-0.3, -0.25) is 9.69 Å². The number of aromatic nitrogens is 2. The summed E-state index contributed by atoms with van der Waals surface area (Å²) < 4.78 is 14.6. The van der Waals surface area contributed by atoms with Crippen LogP contribution in [0.3, 0.4) is 0 Å². The number of anilines is 2. The number of hydrogen-bond acceptors (Lipinski definition) is 6. The van der Waals surface area contributed by atoms with Crippen LogP contribution in [0.15, 0.2) is 36.7 Å². The van der Waals surface area contributed by atoms with Gasteiger partial charge in [-0.15, -0.1) is 0 Å². The number of benzene rings is 2. The van der Waals surface area contributed by atoms with Crippen molar-refractivity contribution in [2.24, 2.45) is 5.92 Å².